The molecule has 7 rings (SSSR count). The SMILES string of the molecule is O=C(O)C1C2CCC(CC2)C1Nc1cc(-c2ccccc2)nc(-c2c[nH]c3c(F)cc(Cl)cc23)n1. The average Bonchev–Trinajstić information content (AvgIpc) is 3.29. The summed E-state index contributed by atoms with van der Waals surface area (Å²) in [6.45, 7) is 0. The molecule has 0 radical (unpaired) electrons. The van der Waals surface area contributed by atoms with E-state index < -0.39 is 17.7 Å². The third kappa shape index (κ3) is 3.93. The van der Waals surface area contributed by atoms with Crippen LogP contribution in [0.2, 0.25) is 5.02 Å². The van der Waals surface area contributed by atoms with Crippen LogP contribution < -0.4 is 5.32 Å². The molecule has 6 nitrogen and oxygen atoms in total. The van der Waals surface area contributed by atoms with Gasteiger partial charge in [0.2, 0.25) is 0 Å². The number of carboxylic acid groups (broad SMARTS) is 1. The maximum absolute atomic E-state index is 14.5. The van der Waals surface area contributed by atoms with Crippen molar-refractivity contribution < 1.29 is 14.3 Å². The maximum Gasteiger partial charge on any atom is 0.308 e. The number of aromatic amines is 1. The van der Waals surface area contributed by atoms with E-state index in [1.807, 2.05) is 36.4 Å². The first-order valence-corrected chi connectivity index (χ1v) is 12.3. The Labute approximate surface area is 206 Å². The number of anilines is 1. The van der Waals surface area contributed by atoms with Gasteiger partial charge in [0.15, 0.2) is 5.82 Å². The van der Waals surface area contributed by atoms with Gasteiger partial charge in [-0.1, -0.05) is 41.9 Å². The average molecular weight is 491 g/mol. The molecule has 2 aromatic heterocycles. The zero-order valence-electron chi connectivity index (χ0n) is 18.8. The van der Waals surface area contributed by atoms with Crippen LogP contribution in [0.5, 0.6) is 0 Å². The highest BCUT2D eigenvalue weighted by Crippen LogP contribution is 2.46. The van der Waals surface area contributed by atoms with Crippen LogP contribution in [0.1, 0.15) is 25.7 Å². The third-order valence-corrected chi connectivity index (χ3v) is 7.78. The first-order valence-electron chi connectivity index (χ1n) is 11.9. The number of halogens is 2. The topological polar surface area (TPSA) is 90.9 Å². The molecule has 0 spiro atoms. The van der Waals surface area contributed by atoms with Crippen molar-refractivity contribution in [1.82, 2.24) is 15.0 Å². The van der Waals surface area contributed by atoms with Gasteiger partial charge >= 0.3 is 5.97 Å². The number of benzene rings is 2. The Balaban J connectivity index is 1.47. The summed E-state index contributed by atoms with van der Waals surface area (Å²) in [6, 6.07) is 14.4. The van der Waals surface area contributed by atoms with Crippen molar-refractivity contribution in [3.8, 4) is 22.6 Å². The Bertz CT molecular complexity index is 1420. The molecule has 8 heteroatoms. The molecule has 2 aromatic carbocycles. The largest absolute Gasteiger partial charge is 0.481 e. The number of aliphatic carboxylic acids is 1. The molecule has 3 N–H and O–H groups in total. The molecule has 3 aliphatic rings. The quantitative estimate of drug-likeness (QED) is 0.301. The molecule has 2 unspecified atom stereocenters. The van der Waals surface area contributed by atoms with Crippen LogP contribution in [-0.2, 0) is 4.79 Å². The number of nitrogens with one attached hydrogen (secondary N) is 2. The van der Waals surface area contributed by atoms with Crippen molar-refractivity contribution in [3.63, 3.8) is 0 Å². The van der Waals surface area contributed by atoms with Crippen LogP contribution in [0.3, 0.4) is 0 Å². The Morgan fingerprint density at radius 1 is 1.06 bits per heavy atom. The predicted molar refractivity (Wildman–Crippen MR) is 134 cm³/mol. The van der Waals surface area contributed by atoms with Crippen molar-refractivity contribution in [1.29, 1.82) is 0 Å². The standard InChI is InChI=1S/C27H24ClFN4O2/c28-17-10-18-19(13-30-25(18)20(29)11-17)26-31-21(14-4-2-1-3-5-14)12-22(33-26)32-24-16-8-6-15(7-9-16)23(24)27(34)35/h1-5,10-13,15-16,23-24,30H,6-9H2,(H,34,35)(H,31,32,33). The van der Waals surface area contributed by atoms with Crippen molar-refractivity contribution >= 4 is 34.3 Å². The summed E-state index contributed by atoms with van der Waals surface area (Å²) in [5, 5.41) is 14.4. The number of nitrogens with zero attached hydrogens (tertiary/aromatic N) is 2. The third-order valence-electron chi connectivity index (χ3n) is 7.56. The zero-order valence-corrected chi connectivity index (χ0v) is 19.6. The van der Waals surface area contributed by atoms with Crippen LogP contribution in [0.4, 0.5) is 10.2 Å². The maximum atomic E-state index is 14.5. The van der Waals surface area contributed by atoms with Gasteiger partial charge in [-0.3, -0.25) is 4.79 Å². The fraction of sp³-hybridized carbons (Fsp3) is 0.296. The number of aromatic nitrogens is 3. The lowest BCUT2D eigenvalue weighted by Crippen LogP contribution is -2.51. The molecule has 0 saturated heterocycles. The lowest BCUT2D eigenvalue weighted by atomic mass is 9.61. The van der Waals surface area contributed by atoms with Crippen molar-refractivity contribution in [3.05, 3.63) is 65.6 Å². The number of hydrogen-bond acceptors (Lipinski definition) is 4. The Hall–Kier alpha value is -3.45. The molecule has 2 heterocycles. The Kier molecular flexibility index (Phi) is 5.44. The molecule has 2 atom stereocenters. The molecule has 0 aliphatic heterocycles. The molecule has 3 saturated carbocycles. The van der Waals surface area contributed by atoms with Gasteiger partial charge in [0.1, 0.15) is 11.6 Å². The number of carboxylic acids is 1. The first-order chi connectivity index (χ1) is 17.0. The van der Waals surface area contributed by atoms with E-state index in [-0.39, 0.29) is 17.0 Å². The molecule has 178 valence electrons. The second-order valence-corrected chi connectivity index (χ2v) is 9.99. The van der Waals surface area contributed by atoms with Crippen LogP contribution in [-0.4, -0.2) is 32.1 Å². The molecule has 3 fully saturated rings. The van der Waals surface area contributed by atoms with E-state index in [4.69, 9.17) is 21.6 Å². The van der Waals surface area contributed by atoms with Gasteiger partial charge in [-0.25, -0.2) is 14.4 Å². The minimum absolute atomic E-state index is 0.184. The molecule has 3 aliphatic carbocycles. The molecule has 0 amide bonds. The fourth-order valence-corrected chi connectivity index (χ4v) is 6.13. The summed E-state index contributed by atoms with van der Waals surface area (Å²) in [5.74, 6) is -0.189. The van der Waals surface area contributed by atoms with Crippen molar-refractivity contribution in [2.75, 3.05) is 5.32 Å². The second kappa shape index (κ2) is 8.64. The fourth-order valence-electron chi connectivity index (χ4n) is 5.92. The van der Waals surface area contributed by atoms with Gasteiger partial charge in [-0.2, -0.15) is 0 Å². The summed E-state index contributed by atoms with van der Waals surface area (Å²) in [4.78, 5) is 24.7. The minimum atomic E-state index is -0.754. The lowest BCUT2D eigenvalue weighted by molar-refractivity contribution is -0.148. The van der Waals surface area contributed by atoms with Gasteiger partial charge in [0, 0.05) is 39.8 Å². The summed E-state index contributed by atoms with van der Waals surface area (Å²) in [7, 11) is 0. The highest BCUT2D eigenvalue weighted by Gasteiger charge is 2.47. The first kappa shape index (κ1) is 22.0. The monoisotopic (exact) mass is 490 g/mol. The van der Waals surface area contributed by atoms with E-state index >= 15 is 0 Å². The Morgan fingerprint density at radius 3 is 2.54 bits per heavy atom. The number of rotatable bonds is 5. The summed E-state index contributed by atoms with van der Waals surface area (Å²) < 4.78 is 14.5. The molecule has 35 heavy (non-hydrogen) atoms. The van der Waals surface area contributed by atoms with Crippen LogP contribution in [0, 0.1) is 23.6 Å². The van der Waals surface area contributed by atoms with Crippen molar-refractivity contribution in [2.45, 2.75) is 31.7 Å². The lowest BCUT2D eigenvalue weighted by Gasteiger charge is -2.47. The minimum Gasteiger partial charge on any atom is -0.481 e. The normalized spacial score (nSPS) is 23.5. The van der Waals surface area contributed by atoms with E-state index in [0.29, 0.717) is 39.7 Å². The van der Waals surface area contributed by atoms with Gasteiger partial charge in [0.05, 0.1) is 17.1 Å². The zero-order chi connectivity index (χ0) is 24.1. The van der Waals surface area contributed by atoms with Gasteiger partial charge in [0.25, 0.3) is 0 Å². The van der Waals surface area contributed by atoms with Gasteiger partial charge < -0.3 is 15.4 Å². The van der Waals surface area contributed by atoms with E-state index in [1.165, 1.54) is 6.07 Å². The number of H-pyrrole nitrogens is 1. The number of hydrogen-bond donors (Lipinski definition) is 3. The highest BCUT2D eigenvalue weighted by molar-refractivity contribution is 6.31. The van der Waals surface area contributed by atoms with E-state index in [1.54, 1.807) is 12.3 Å². The molecular weight excluding hydrogens is 467 g/mol. The summed E-state index contributed by atoms with van der Waals surface area (Å²) in [5.41, 5.74) is 2.57. The van der Waals surface area contributed by atoms with E-state index in [0.717, 1.165) is 31.2 Å². The van der Waals surface area contributed by atoms with E-state index in [2.05, 4.69) is 10.3 Å². The van der Waals surface area contributed by atoms with Crippen LogP contribution >= 0.6 is 11.6 Å². The molecule has 2 bridgehead atoms. The number of carbonyl (C=O) groups is 1. The van der Waals surface area contributed by atoms with Gasteiger partial charge in [-0.05, 0) is 49.7 Å². The second-order valence-electron chi connectivity index (χ2n) is 9.55. The highest BCUT2D eigenvalue weighted by atomic mass is 35.5. The van der Waals surface area contributed by atoms with Crippen molar-refractivity contribution in [2.24, 2.45) is 17.8 Å². The van der Waals surface area contributed by atoms with Crippen LogP contribution in [0.25, 0.3) is 33.5 Å². The molecule has 4 aromatic rings. The smallest absolute Gasteiger partial charge is 0.308 e. The van der Waals surface area contributed by atoms with Crippen LogP contribution in [0.15, 0.2) is 54.7 Å². The predicted octanol–water partition coefficient (Wildman–Crippen LogP) is 6.39. The summed E-state index contributed by atoms with van der Waals surface area (Å²) in [6.07, 6.45) is 5.66. The molecular formula is C27H24ClFN4O2. The van der Waals surface area contributed by atoms with Gasteiger partial charge in [-0.15, -0.1) is 0 Å². The van der Waals surface area contributed by atoms with E-state index in [9.17, 15) is 14.3 Å². The Morgan fingerprint density at radius 2 is 1.80 bits per heavy atom. The summed E-state index contributed by atoms with van der Waals surface area (Å²) >= 11 is 6.15. The number of fused-ring (bicyclic) bond motifs is 4.